The summed E-state index contributed by atoms with van der Waals surface area (Å²) in [6.07, 6.45) is 1.14. The van der Waals surface area contributed by atoms with E-state index in [9.17, 15) is 0 Å². The predicted octanol–water partition coefficient (Wildman–Crippen LogP) is 5.69. The molecule has 0 aliphatic carbocycles. The van der Waals surface area contributed by atoms with E-state index in [-0.39, 0.29) is 0 Å². The normalized spacial score (nSPS) is 12.3. The van der Waals surface area contributed by atoms with Crippen LogP contribution in [0.4, 0.5) is 0 Å². The van der Waals surface area contributed by atoms with E-state index in [2.05, 4.69) is 61.6 Å². The van der Waals surface area contributed by atoms with Crippen LogP contribution in [0.2, 0.25) is 5.02 Å². The Morgan fingerprint density at radius 3 is 2.57 bits per heavy atom. The van der Waals surface area contributed by atoms with Crippen LogP contribution < -0.4 is 5.32 Å². The largest absolute Gasteiger partial charge is 0.310 e. The molecule has 3 heteroatoms. The maximum atomic E-state index is 6.43. The molecule has 1 nitrogen and oxygen atoms in total. The maximum Gasteiger partial charge on any atom is 0.0545 e. The molecule has 0 bridgehead atoms. The van der Waals surface area contributed by atoms with Gasteiger partial charge in [0.15, 0.2) is 0 Å². The van der Waals surface area contributed by atoms with E-state index >= 15 is 0 Å². The van der Waals surface area contributed by atoms with Crippen molar-refractivity contribution < 1.29 is 0 Å². The summed E-state index contributed by atoms with van der Waals surface area (Å²) in [7, 11) is 0. The van der Waals surface area contributed by atoms with Crippen LogP contribution in [0.1, 0.15) is 37.4 Å². The second kappa shape index (κ2) is 8.47. The van der Waals surface area contributed by atoms with Crippen molar-refractivity contribution in [1.82, 2.24) is 5.32 Å². The zero-order chi connectivity index (χ0) is 15.1. The molecule has 1 N–H and O–H groups in total. The summed E-state index contributed by atoms with van der Waals surface area (Å²) < 4.78 is 0. The Bertz CT molecular complexity index is 556. The van der Waals surface area contributed by atoms with E-state index in [4.69, 9.17) is 11.6 Å². The fourth-order valence-electron chi connectivity index (χ4n) is 2.12. The predicted molar refractivity (Wildman–Crippen MR) is 94.2 cm³/mol. The van der Waals surface area contributed by atoms with E-state index in [1.807, 2.05) is 6.07 Å². The number of thioether (sulfide) groups is 1. The Labute approximate surface area is 137 Å². The van der Waals surface area contributed by atoms with Gasteiger partial charge in [0.25, 0.3) is 0 Å². The van der Waals surface area contributed by atoms with Crippen LogP contribution >= 0.6 is 23.4 Å². The number of nitrogens with one attached hydrogen (secondary N) is 1. The van der Waals surface area contributed by atoms with Gasteiger partial charge in [0, 0.05) is 16.7 Å². The van der Waals surface area contributed by atoms with Gasteiger partial charge in [-0.25, -0.2) is 0 Å². The zero-order valence-electron chi connectivity index (χ0n) is 12.6. The van der Waals surface area contributed by atoms with Gasteiger partial charge in [-0.3, -0.25) is 0 Å². The fourth-order valence-corrected chi connectivity index (χ4v) is 3.35. The van der Waals surface area contributed by atoms with Gasteiger partial charge in [-0.05, 0) is 43.1 Å². The molecule has 0 aliphatic rings. The summed E-state index contributed by atoms with van der Waals surface area (Å²) in [4.78, 5) is 1.15. The van der Waals surface area contributed by atoms with Crippen LogP contribution in [0.15, 0.2) is 53.4 Å². The van der Waals surface area contributed by atoms with Crippen LogP contribution in [0.5, 0.6) is 0 Å². The fraction of sp³-hybridized carbons (Fsp3) is 0.333. The highest BCUT2D eigenvalue weighted by atomic mass is 35.5. The Morgan fingerprint density at radius 1 is 1.14 bits per heavy atom. The van der Waals surface area contributed by atoms with E-state index in [0.717, 1.165) is 28.6 Å². The highest BCUT2D eigenvalue weighted by Gasteiger charge is 2.08. The van der Waals surface area contributed by atoms with Gasteiger partial charge in [0.05, 0.1) is 5.02 Å². The van der Waals surface area contributed by atoms with Gasteiger partial charge in [-0.1, -0.05) is 54.9 Å². The molecule has 112 valence electrons. The first-order valence-electron chi connectivity index (χ1n) is 7.40. The van der Waals surface area contributed by atoms with Crippen molar-refractivity contribution in [3.63, 3.8) is 0 Å². The minimum atomic E-state index is 0.343. The standard InChI is InChI=1S/C18H22ClNS/c1-3-11-20-14(2)16-9-10-18(17(19)12-16)21-13-15-7-5-4-6-8-15/h4-10,12,14,20H,3,11,13H2,1-2H3. The molecule has 0 fully saturated rings. The van der Waals surface area contributed by atoms with Crippen molar-refractivity contribution >= 4 is 23.4 Å². The van der Waals surface area contributed by atoms with Gasteiger partial charge in [0.1, 0.15) is 0 Å². The molecule has 0 aliphatic heterocycles. The lowest BCUT2D eigenvalue weighted by atomic mass is 10.1. The lowest BCUT2D eigenvalue weighted by Gasteiger charge is -2.15. The summed E-state index contributed by atoms with van der Waals surface area (Å²) in [5.74, 6) is 0.948. The van der Waals surface area contributed by atoms with Gasteiger partial charge < -0.3 is 5.32 Å². The molecule has 0 spiro atoms. The maximum absolute atomic E-state index is 6.43. The molecule has 0 saturated heterocycles. The van der Waals surface area contributed by atoms with Crippen LogP contribution in [0.25, 0.3) is 0 Å². The SMILES string of the molecule is CCCNC(C)c1ccc(SCc2ccccc2)c(Cl)c1. The van der Waals surface area contributed by atoms with E-state index in [1.165, 1.54) is 11.1 Å². The van der Waals surface area contributed by atoms with Crippen LogP contribution in [0, 0.1) is 0 Å². The summed E-state index contributed by atoms with van der Waals surface area (Å²) in [6, 6.07) is 17.2. The minimum Gasteiger partial charge on any atom is -0.310 e. The van der Waals surface area contributed by atoms with Gasteiger partial charge in [-0.2, -0.15) is 0 Å². The van der Waals surface area contributed by atoms with Crippen molar-refractivity contribution in [1.29, 1.82) is 0 Å². The monoisotopic (exact) mass is 319 g/mol. The third-order valence-electron chi connectivity index (χ3n) is 3.39. The molecular formula is C18H22ClNS. The smallest absolute Gasteiger partial charge is 0.0545 e. The van der Waals surface area contributed by atoms with Crippen molar-refractivity contribution in [2.75, 3.05) is 6.54 Å². The van der Waals surface area contributed by atoms with Crippen LogP contribution in [-0.2, 0) is 5.75 Å². The molecule has 0 radical (unpaired) electrons. The average Bonchev–Trinajstić information content (AvgIpc) is 2.52. The lowest BCUT2D eigenvalue weighted by Crippen LogP contribution is -2.19. The molecule has 2 aromatic rings. The lowest BCUT2D eigenvalue weighted by molar-refractivity contribution is 0.570. The highest BCUT2D eigenvalue weighted by molar-refractivity contribution is 7.98. The Balaban J connectivity index is 1.99. The van der Waals surface area contributed by atoms with Gasteiger partial charge >= 0.3 is 0 Å². The first kappa shape index (κ1) is 16.4. The number of halogens is 1. The van der Waals surface area contributed by atoms with E-state index in [1.54, 1.807) is 11.8 Å². The van der Waals surface area contributed by atoms with Gasteiger partial charge in [-0.15, -0.1) is 11.8 Å². The van der Waals surface area contributed by atoms with Crippen molar-refractivity contribution in [2.45, 2.75) is 37.0 Å². The Kier molecular flexibility index (Phi) is 6.62. The third-order valence-corrected chi connectivity index (χ3v) is 4.96. The van der Waals surface area contributed by atoms with Crippen LogP contribution in [-0.4, -0.2) is 6.54 Å². The van der Waals surface area contributed by atoms with E-state index < -0.39 is 0 Å². The van der Waals surface area contributed by atoms with Crippen molar-refractivity contribution in [2.24, 2.45) is 0 Å². The first-order chi connectivity index (χ1) is 10.2. The summed E-state index contributed by atoms with van der Waals surface area (Å²) in [6.45, 7) is 5.39. The molecular weight excluding hydrogens is 298 g/mol. The quantitative estimate of drug-likeness (QED) is 0.658. The summed E-state index contributed by atoms with van der Waals surface area (Å²) >= 11 is 8.21. The topological polar surface area (TPSA) is 12.0 Å². The summed E-state index contributed by atoms with van der Waals surface area (Å²) in [5.41, 5.74) is 2.57. The number of rotatable bonds is 7. The number of hydrogen-bond acceptors (Lipinski definition) is 2. The van der Waals surface area contributed by atoms with Crippen molar-refractivity contribution in [3.8, 4) is 0 Å². The van der Waals surface area contributed by atoms with Gasteiger partial charge in [0.2, 0.25) is 0 Å². The molecule has 0 amide bonds. The molecule has 2 aromatic carbocycles. The number of hydrogen-bond donors (Lipinski definition) is 1. The molecule has 1 unspecified atom stereocenters. The molecule has 2 rings (SSSR count). The summed E-state index contributed by atoms with van der Waals surface area (Å²) in [5, 5.41) is 4.33. The third kappa shape index (κ3) is 5.06. The average molecular weight is 320 g/mol. The number of benzene rings is 2. The molecule has 0 saturated carbocycles. The zero-order valence-corrected chi connectivity index (χ0v) is 14.2. The molecule has 1 atom stereocenters. The Morgan fingerprint density at radius 2 is 1.90 bits per heavy atom. The molecule has 21 heavy (non-hydrogen) atoms. The van der Waals surface area contributed by atoms with E-state index in [0.29, 0.717) is 6.04 Å². The molecule has 0 aromatic heterocycles. The highest BCUT2D eigenvalue weighted by Crippen LogP contribution is 2.31. The molecule has 0 heterocycles. The Hall–Kier alpha value is -0.960. The second-order valence-electron chi connectivity index (χ2n) is 5.14. The first-order valence-corrected chi connectivity index (χ1v) is 8.76. The second-order valence-corrected chi connectivity index (χ2v) is 6.56. The van der Waals surface area contributed by atoms with Crippen LogP contribution in [0.3, 0.4) is 0 Å². The minimum absolute atomic E-state index is 0.343. The van der Waals surface area contributed by atoms with Crippen molar-refractivity contribution in [3.05, 3.63) is 64.7 Å².